The topological polar surface area (TPSA) is 96.9 Å². The van der Waals surface area contributed by atoms with Crippen molar-refractivity contribution in [3.05, 3.63) is 53.6 Å². The molecule has 166 valence electrons. The van der Waals surface area contributed by atoms with Gasteiger partial charge in [-0.25, -0.2) is 4.98 Å². The molecule has 3 amide bonds. The second-order valence-electron chi connectivity index (χ2n) is 7.71. The number of anilines is 2. The number of likely N-dealkylation sites (tertiary alicyclic amines) is 1. The van der Waals surface area contributed by atoms with Gasteiger partial charge < -0.3 is 4.74 Å². The number of nitrogens with zero attached hydrogens (tertiary/aromatic N) is 3. The van der Waals surface area contributed by atoms with Crippen molar-refractivity contribution in [2.24, 2.45) is 11.8 Å². The zero-order valence-corrected chi connectivity index (χ0v) is 18.4. The summed E-state index contributed by atoms with van der Waals surface area (Å²) in [5, 5.41) is 2.21. The number of amides is 3. The Hall–Kier alpha value is -3.33. The highest BCUT2D eigenvalue weighted by Crippen LogP contribution is 2.35. The summed E-state index contributed by atoms with van der Waals surface area (Å²) in [5.74, 6) is -1.70. The minimum absolute atomic E-state index is 0.0257. The maximum Gasteiger partial charge on any atom is 0.307 e. The number of aromatic nitrogens is 1. The third kappa shape index (κ3) is 4.47. The summed E-state index contributed by atoms with van der Waals surface area (Å²) in [6.45, 7) is 1.44. The maximum atomic E-state index is 12.5. The summed E-state index contributed by atoms with van der Waals surface area (Å²) in [5.41, 5.74) is 1.22. The van der Waals surface area contributed by atoms with E-state index in [0.717, 1.165) is 0 Å². The smallest absolute Gasteiger partial charge is 0.307 e. The molecule has 4 rings (SSSR count). The first kappa shape index (κ1) is 21.9. The van der Waals surface area contributed by atoms with E-state index in [1.54, 1.807) is 5.38 Å². The van der Waals surface area contributed by atoms with Gasteiger partial charge in [-0.1, -0.05) is 30.4 Å². The first-order chi connectivity index (χ1) is 15.5. The second-order valence-corrected chi connectivity index (χ2v) is 8.54. The van der Waals surface area contributed by atoms with Gasteiger partial charge in [0.1, 0.15) is 6.61 Å². The van der Waals surface area contributed by atoms with Crippen LogP contribution in [0.25, 0.3) is 0 Å². The van der Waals surface area contributed by atoms with Gasteiger partial charge in [0.05, 0.1) is 29.6 Å². The molecule has 1 fully saturated rings. The van der Waals surface area contributed by atoms with E-state index in [1.165, 1.54) is 28.1 Å². The molecule has 1 aromatic carbocycles. The van der Waals surface area contributed by atoms with E-state index in [2.05, 4.69) is 4.98 Å². The van der Waals surface area contributed by atoms with Gasteiger partial charge in [0.15, 0.2) is 5.13 Å². The number of ether oxygens (including phenoxy) is 1. The Morgan fingerprint density at radius 1 is 1.12 bits per heavy atom. The average molecular weight is 454 g/mol. The van der Waals surface area contributed by atoms with Crippen LogP contribution < -0.4 is 4.90 Å². The molecule has 0 bridgehead atoms. The molecule has 0 radical (unpaired) electrons. The molecular formula is C23H23N3O5S. The number of hydrogen-bond donors (Lipinski definition) is 0. The summed E-state index contributed by atoms with van der Waals surface area (Å²) in [4.78, 5) is 56.3. The third-order valence-electron chi connectivity index (χ3n) is 5.58. The fraction of sp³-hybridized carbons (Fsp3) is 0.348. The highest BCUT2D eigenvalue weighted by atomic mass is 32.1. The number of carbonyl (C=O) groups excluding carboxylic acids is 4. The van der Waals surface area contributed by atoms with Crippen LogP contribution in [-0.4, -0.2) is 40.1 Å². The minimum atomic E-state index is -0.514. The molecule has 1 aliphatic heterocycles. The van der Waals surface area contributed by atoms with Crippen LogP contribution in [0, 0.1) is 11.8 Å². The van der Waals surface area contributed by atoms with Crippen molar-refractivity contribution in [2.45, 2.75) is 32.8 Å². The van der Waals surface area contributed by atoms with Crippen LogP contribution in [0.2, 0.25) is 0 Å². The van der Waals surface area contributed by atoms with Gasteiger partial charge in [0.25, 0.3) is 0 Å². The molecule has 1 saturated heterocycles. The lowest BCUT2D eigenvalue weighted by atomic mass is 9.85. The van der Waals surface area contributed by atoms with Crippen molar-refractivity contribution in [1.82, 2.24) is 9.88 Å². The zero-order valence-electron chi connectivity index (χ0n) is 17.6. The van der Waals surface area contributed by atoms with Crippen molar-refractivity contribution in [3.63, 3.8) is 0 Å². The van der Waals surface area contributed by atoms with Crippen molar-refractivity contribution in [1.29, 1.82) is 0 Å². The molecule has 2 atom stereocenters. The summed E-state index contributed by atoms with van der Waals surface area (Å²) >= 11 is 1.28. The van der Waals surface area contributed by atoms with Crippen LogP contribution in [0.4, 0.5) is 10.8 Å². The first-order valence-electron chi connectivity index (χ1n) is 10.4. The SMILES string of the molecule is CC(=O)N(c1ccccc1)c1nc(COC(=O)CCN2C(=O)[C@H]3CC=CC[C@H]3C2=O)cs1. The van der Waals surface area contributed by atoms with Crippen LogP contribution in [0.5, 0.6) is 0 Å². The van der Waals surface area contributed by atoms with Gasteiger partial charge in [-0.05, 0) is 25.0 Å². The average Bonchev–Trinajstić information content (AvgIpc) is 3.35. The van der Waals surface area contributed by atoms with E-state index >= 15 is 0 Å². The van der Waals surface area contributed by atoms with E-state index in [4.69, 9.17) is 4.74 Å². The maximum absolute atomic E-state index is 12.5. The van der Waals surface area contributed by atoms with Crippen LogP contribution in [0.1, 0.15) is 31.9 Å². The number of carbonyl (C=O) groups is 4. The zero-order chi connectivity index (χ0) is 22.7. The molecule has 8 nitrogen and oxygen atoms in total. The van der Waals surface area contributed by atoms with Crippen molar-refractivity contribution >= 4 is 45.8 Å². The van der Waals surface area contributed by atoms with Crippen LogP contribution in [0.3, 0.4) is 0 Å². The van der Waals surface area contributed by atoms with Gasteiger partial charge in [0.2, 0.25) is 17.7 Å². The molecular weight excluding hydrogens is 430 g/mol. The third-order valence-corrected chi connectivity index (χ3v) is 6.45. The quantitative estimate of drug-likeness (QED) is 0.363. The van der Waals surface area contributed by atoms with E-state index in [-0.39, 0.29) is 49.1 Å². The molecule has 0 spiro atoms. The predicted molar refractivity (Wildman–Crippen MR) is 118 cm³/mol. The Labute approximate surface area is 189 Å². The molecule has 0 N–H and O–H groups in total. The second kappa shape index (κ2) is 9.44. The summed E-state index contributed by atoms with van der Waals surface area (Å²) in [6.07, 6.45) is 4.94. The van der Waals surface area contributed by atoms with Crippen molar-refractivity contribution in [2.75, 3.05) is 11.4 Å². The van der Waals surface area contributed by atoms with Gasteiger partial charge >= 0.3 is 5.97 Å². The number of para-hydroxylation sites is 1. The van der Waals surface area contributed by atoms with Gasteiger partial charge in [-0.15, -0.1) is 11.3 Å². The number of hydrogen-bond acceptors (Lipinski definition) is 7. The number of imide groups is 1. The number of benzene rings is 1. The van der Waals surface area contributed by atoms with Gasteiger partial charge in [-0.3, -0.25) is 29.0 Å². The number of fused-ring (bicyclic) bond motifs is 1. The van der Waals surface area contributed by atoms with Gasteiger partial charge in [-0.2, -0.15) is 0 Å². The monoisotopic (exact) mass is 453 g/mol. The standard InChI is InChI=1S/C23H23N3O5S/c1-15(27)26(17-7-3-2-4-8-17)23-24-16(14-32-23)13-31-20(28)11-12-25-21(29)18-9-5-6-10-19(18)22(25)30/h2-8,14,18-19H,9-13H2,1H3/t18-,19+. The molecule has 32 heavy (non-hydrogen) atoms. The van der Waals surface area contributed by atoms with E-state index in [1.807, 2.05) is 42.5 Å². The molecule has 1 aromatic heterocycles. The van der Waals surface area contributed by atoms with Crippen molar-refractivity contribution < 1.29 is 23.9 Å². The number of allylic oxidation sites excluding steroid dienone is 2. The number of thiazole rings is 1. The first-order valence-corrected chi connectivity index (χ1v) is 11.3. The lowest BCUT2D eigenvalue weighted by molar-refractivity contribution is -0.147. The lowest BCUT2D eigenvalue weighted by Crippen LogP contribution is -2.33. The van der Waals surface area contributed by atoms with E-state index < -0.39 is 5.97 Å². The van der Waals surface area contributed by atoms with Crippen LogP contribution >= 0.6 is 11.3 Å². The summed E-state index contributed by atoms with van der Waals surface area (Å²) in [6, 6.07) is 9.17. The van der Waals surface area contributed by atoms with Crippen molar-refractivity contribution in [3.8, 4) is 0 Å². The molecule has 2 aromatic rings. The minimum Gasteiger partial charge on any atom is -0.459 e. The van der Waals surface area contributed by atoms with Gasteiger partial charge in [0, 0.05) is 18.8 Å². The Bertz CT molecular complexity index is 1040. The Balaban J connectivity index is 1.30. The highest BCUT2D eigenvalue weighted by Gasteiger charge is 2.46. The number of esters is 1. The lowest BCUT2D eigenvalue weighted by Gasteiger charge is -2.17. The predicted octanol–water partition coefficient (Wildman–Crippen LogP) is 3.21. The number of rotatable bonds is 7. The molecule has 0 saturated carbocycles. The molecule has 2 aliphatic rings. The fourth-order valence-corrected chi connectivity index (χ4v) is 4.86. The molecule has 2 heterocycles. The summed E-state index contributed by atoms with van der Waals surface area (Å²) < 4.78 is 5.28. The van der Waals surface area contributed by atoms with E-state index in [9.17, 15) is 19.2 Å². The largest absolute Gasteiger partial charge is 0.459 e. The van der Waals surface area contributed by atoms with E-state index in [0.29, 0.717) is 29.4 Å². The summed E-state index contributed by atoms with van der Waals surface area (Å²) in [7, 11) is 0. The Morgan fingerprint density at radius 2 is 1.78 bits per heavy atom. The van der Waals surface area contributed by atoms with Crippen LogP contribution in [-0.2, 0) is 30.5 Å². The molecule has 9 heteroatoms. The Kier molecular flexibility index (Phi) is 6.45. The molecule has 1 aliphatic carbocycles. The molecule has 0 unspecified atom stereocenters. The highest BCUT2D eigenvalue weighted by molar-refractivity contribution is 7.14. The Morgan fingerprint density at radius 3 is 2.41 bits per heavy atom. The normalized spacial score (nSPS) is 19.7. The fourth-order valence-electron chi connectivity index (χ4n) is 3.99. The van der Waals surface area contributed by atoms with Crippen LogP contribution in [0.15, 0.2) is 47.9 Å².